The number of methoxy groups -OCH3 is 1. The van der Waals surface area contributed by atoms with Gasteiger partial charge in [-0.2, -0.15) is 0 Å². The monoisotopic (exact) mass is 423 g/mol. The van der Waals surface area contributed by atoms with Gasteiger partial charge in [-0.15, -0.1) is 0 Å². The third kappa shape index (κ3) is 3.25. The van der Waals surface area contributed by atoms with E-state index in [0.717, 1.165) is 5.56 Å². The molecule has 1 N–H and O–H groups in total. The molecule has 1 aromatic heterocycles. The van der Waals surface area contributed by atoms with Crippen molar-refractivity contribution in [2.24, 2.45) is 0 Å². The standard InChI is InChI=1S/C23H18ClNO5/c1-13-8-9-15(12-17(13)24)25-20(18-7-4-10-30-18)19(22(27)23(25)28)21(26)14-5-3-6-16(11-14)29-2/h3-12,20,26H,1-2H3/b21-19-. The van der Waals surface area contributed by atoms with Crippen molar-refractivity contribution in [3.05, 3.63) is 88.3 Å². The molecule has 2 aromatic carbocycles. The Hall–Kier alpha value is -3.51. The number of ketones is 1. The topological polar surface area (TPSA) is 80.0 Å². The van der Waals surface area contributed by atoms with Crippen molar-refractivity contribution in [1.29, 1.82) is 0 Å². The number of Topliss-reactive ketones (excluding diaryl/α,β-unsaturated/α-hetero) is 1. The Bertz CT molecular complexity index is 1170. The minimum absolute atomic E-state index is 0.0695. The Morgan fingerprint density at radius 3 is 2.60 bits per heavy atom. The van der Waals surface area contributed by atoms with Gasteiger partial charge in [-0.1, -0.05) is 29.8 Å². The number of anilines is 1. The predicted molar refractivity (Wildman–Crippen MR) is 113 cm³/mol. The van der Waals surface area contributed by atoms with E-state index in [1.165, 1.54) is 18.3 Å². The first-order valence-electron chi connectivity index (χ1n) is 9.17. The van der Waals surface area contributed by atoms with Gasteiger partial charge < -0.3 is 14.3 Å². The Morgan fingerprint density at radius 2 is 1.93 bits per heavy atom. The second-order valence-electron chi connectivity index (χ2n) is 6.85. The molecular weight excluding hydrogens is 406 g/mol. The average molecular weight is 424 g/mol. The number of hydrogen-bond donors (Lipinski definition) is 1. The summed E-state index contributed by atoms with van der Waals surface area (Å²) in [5.74, 6) is -1.05. The summed E-state index contributed by atoms with van der Waals surface area (Å²) in [4.78, 5) is 27.3. The van der Waals surface area contributed by atoms with Crippen LogP contribution in [0.5, 0.6) is 5.75 Å². The molecule has 1 saturated heterocycles. The summed E-state index contributed by atoms with van der Waals surface area (Å²) >= 11 is 6.26. The number of rotatable bonds is 4. The van der Waals surface area contributed by atoms with Crippen LogP contribution >= 0.6 is 11.6 Å². The van der Waals surface area contributed by atoms with E-state index < -0.39 is 17.7 Å². The Balaban J connectivity index is 1.92. The van der Waals surface area contributed by atoms with E-state index in [-0.39, 0.29) is 11.3 Å². The van der Waals surface area contributed by atoms with Gasteiger partial charge in [-0.3, -0.25) is 14.5 Å². The van der Waals surface area contributed by atoms with Crippen molar-refractivity contribution < 1.29 is 23.8 Å². The lowest BCUT2D eigenvalue weighted by atomic mass is 9.99. The Labute approximate surface area is 177 Å². The molecule has 0 spiro atoms. The van der Waals surface area contributed by atoms with Crippen molar-refractivity contribution in [2.45, 2.75) is 13.0 Å². The molecule has 30 heavy (non-hydrogen) atoms. The van der Waals surface area contributed by atoms with Gasteiger partial charge in [0.25, 0.3) is 11.7 Å². The number of carbonyl (C=O) groups is 2. The summed E-state index contributed by atoms with van der Waals surface area (Å²) in [7, 11) is 1.50. The van der Waals surface area contributed by atoms with E-state index in [0.29, 0.717) is 27.8 Å². The number of benzene rings is 2. The van der Waals surface area contributed by atoms with Gasteiger partial charge in [0.1, 0.15) is 23.3 Å². The molecule has 0 radical (unpaired) electrons. The lowest BCUT2D eigenvalue weighted by molar-refractivity contribution is -0.132. The molecule has 1 aliphatic rings. The van der Waals surface area contributed by atoms with Crippen molar-refractivity contribution >= 4 is 34.7 Å². The van der Waals surface area contributed by atoms with E-state index in [1.807, 2.05) is 6.92 Å². The Kier molecular flexibility index (Phi) is 5.10. The predicted octanol–water partition coefficient (Wildman–Crippen LogP) is 4.88. The van der Waals surface area contributed by atoms with Gasteiger partial charge in [0.05, 0.1) is 18.9 Å². The van der Waals surface area contributed by atoms with Crippen LogP contribution in [-0.4, -0.2) is 23.9 Å². The van der Waals surface area contributed by atoms with Crippen LogP contribution in [0.15, 0.2) is 70.9 Å². The number of amides is 1. The number of halogens is 1. The first kappa shape index (κ1) is 19.8. The van der Waals surface area contributed by atoms with Crippen LogP contribution in [0.2, 0.25) is 5.02 Å². The fourth-order valence-corrected chi connectivity index (χ4v) is 3.65. The second-order valence-corrected chi connectivity index (χ2v) is 7.26. The van der Waals surface area contributed by atoms with Gasteiger partial charge in [0.2, 0.25) is 0 Å². The molecule has 6 nitrogen and oxygen atoms in total. The van der Waals surface area contributed by atoms with Gasteiger partial charge in [-0.25, -0.2) is 0 Å². The van der Waals surface area contributed by atoms with Crippen molar-refractivity contribution in [3.63, 3.8) is 0 Å². The van der Waals surface area contributed by atoms with Crippen LogP contribution in [-0.2, 0) is 9.59 Å². The first-order valence-corrected chi connectivity index (χ1v) is 9.55. The highest BCUT2D eigenvalue weighted by Crippen LogP contribution is 2.43. The van der Waals surface area contributed by atoms with E-state index >= 15 is 0 Å². The maximum atomic E-state index is 13.0. The fraction of sp³-hybridized carbons (Fsp3) is 0.130. The van der Waals surface area contributed by atoms with Crippen molar-refractivity contribution in [2.75, 3.05) is 12.0 Å². The molecule has 0 saturated carbocycles. The zero-order valence-corrected chi connectivity index (χ0v) is 17.0. The molecular formula is C23H18ClNO5. The van der Waals surface area contributed by atoms with Crippen LogP contribution in [0.4, 0.5) is 5.69 Å². The van der Waals surface area contributed by atoms with Crippen LogP contribution in [0.1, 0.15) is 22.9 Å². The number of aliphatic hydroxyl groups is 1. The molecule has 3 aromatic rings. The summed E-state index contributed by atoms with van der Waals surface area (Å²) < 4.78 is 10.7. The molecule has 1 aliphatic heterocycles. The van der Waals surface area contributed by atoms with E-state index in [2.05, 4.69) is 0 Å². The number of aliphatic hydroxyl groups excluding tert-OH is 1. The van der Waals surface area contributed by atoms with Gasteiger partial charge in [0, 0.05) is 16.3 Å². The highest BCUT2D eigenvalue weighted by Gasteiger charge is 2.48. The highest BCUT2D eigenvalue weighted by molar-refractivity contribution is 6.51. The molecule has 2 heterocycles. The molecule has 152 valence electrons. The van der Waals surface area contributed by atoms with Crippen LogP contribution in [0.3, 0.4) is 0 Å². The number of ether oxygens (including phenoxy) is 1. The molecule has 1 fully saturated rings. The fourth-order valence-electron chi connectivity index (χ4n) is 3.47. The summed E-state index contributed by atoms with van der Waals surface area (Å²) in [6.45, 7) is 1.84. The van der Waals surface area contributed by atoms with E-state index in [4.69, 9.17) is 20.8 Å². The maximum absolute atomic E-state index is 13.0. The normalized spacial score (nSPS) is 18.1. The zero-order valence-electron chi connectivity index (χ0n) is 16.3. The van der Waals surface area contributed by atoms with Gasteiger partial charge in [0.15, 0.2) is 0 Å². The second kappa shape index (κ2) is 7.72. The van der Waals surface area contributed by atoms with Crippen LogP contribution in [0.25, 0.3) is 5.76 Å². The first-order chi connectivity index (χ1) is 14.4. The number of carbonyl (C=O) groups excluding carboxylic acids is 2. The minimum atomic E-state index is -0.940. The third-order valence-electron chi connectivity index (χ3n) is 5.03. The van der Waals surface area contributed by atoms with Crippen molar-refractivity contribution in [3.8, 4) is 5.75 Å². The van der Waals surface area contributed by atoms with E-state index in [9.17, 15) is 14.7 Å². The molecule has 0 aliphatic carbocycles. The summed E-state index contributed by atoms with van der Waals surface area (Å²) in [5, 5.41) is 11.5. The average Bonchev–Trinajstić information content (AvgIpc) is 3.37. The maximum Gasteiger partial charge on any atom is 0.300 e. The summed E-state index contributed by atoms with van der Waals surface area (Å²) in [6.07, 6.45) is 1.45. The van der Waals surface area contributed by atoms with E-state index in [1.54, 1.807) is 54.6 Å². The minimum Gasteiger partial charge on any atom is -0.507 e. The molecule has 0 bridgehead atoms. The third-order valence-corrected chi connectivity index (χ3v) is 5.44. The lowest BCUT2D eigenvalue weighted by Gasteiger charge is -2.23. The molecule has 7 heteroatoms. The summed E-state index contributed by atoms with van der Waals surface area (Å²) in [6, 6.07) is 14.1. The lowest BCUT2D eigenvalue weighted by Crippen LogP contribution is -2.29. The quantitative estimate of drug-likeness (QED) is 0.367. The Morgan fingerprint density at radius 1 is 1.13 bits per heavy atom. The number of aryl methyl sites for hydroxylation is 1. The molecule has 1 amide bonds. The number of nitrogens with zero attached hydrogens (tertiary/aromatic N) is 1. The number of furan rings is 1. The SMILES string of the molecule is COc1cccc(/C(O)=C2/C(=O)C(=O)N(c3ccc(C)c(Cl)c3)C2c2ccco2)c1. The van der Waals surface area contributed by atoms with Crippen molar-refractivity contribution in [1.82, 2.24) is 0 Å². The van der Waals surface area contributed by atoms with Crippen LogP contribution in [0, 0.1) is 6.92 Å². The van der Waals surface area contributed by atoms with Gasteiger partial charge >= 0.3 is 0 Å². The van der Waals surface area contributed by atoms with Gasteiger partial charge in [-0.05, 0) is 48.9 Å². The van der Waals surface area contributed by atoms with Crippen LogP contribution < -0.4 is 9.64 Å². The molecule has 4 rings (SSSR count). The highest BCUT2D eigenvalue weighted by atomic mass is 35.5. The zero-order chi connectivity index (χ0) is 21.4. The summed E-state index contributed by atoms with van der Waals surface area (Å²) in [5.41, 5.74) is 1.55. The smallest absolute Gasteiger partial charge is 0.300 e. The largest absolute Gasteiger partial charge is 0.507 e. The molecule has 1 atom stereocenters. The molecule has 1 unspecified atom stereocenters. The number of hydrogen-bond acceptors (Lipinski definition) is 5.